The maximum Gasteiger partial charge on any atom is 0.331 e. The normalized spacial score (nSPS) is 52.7. The summed E-state index contributed by atoms with van der Waals surface area (Å²) in [6, 6.07) is 0. The second kappa shape index (κ2) is 10.2. The van der Waals surface area contributed by atoms with Gasteiger partial charge in [-0.25, -0.2) is 4.79 Å². The van der Waals surface area contributed by atoms with Gasteiger partial charge < -0.3 is 43.7 Å². The molecule has 3 N–H and O–H groups in total. The van der Waals surface area contributed by atoms with Crippen LogP contribution in [0, 0.1) is 29.1 Å². The minimum atomic E-state index is -2.02. The lowest BCUT2D eigenvalue weighted by molar-refractivity contribution is -0.459. The summed E-state index contributed by atoms with van der Waals surface area (Å²) >= 11 is 0. The topological polar surface area (TPSA) is 167 Å². The molecule has 7 aliphatic rings. The minimum absolute atomic E-state index is 0.105. The number of hydrogen-bond donors (Lipinski definition) is 3. The Balaban J connectivity index is 1.18. The van der Waals surface area contributed by atoms with Crippen LogP contribution in [0.15, 0.2) is 11.6 Å². The highest BCUT2D eigenvalue weighted by molar-refractivity contribution is 5.85. The van der Waals surface area contributed by atoms with Gasteiger partial charge in [-0.2, -0.15) is 0 Å². The third-order valence-electron chi connectivity index (χ3n) is 12.3. The van der Waals surface area contributed by atoms with Gasteiger partial charge in [0.25, 0.3) is 5.79 Å². The van der Waals surface area contributed by atoms with Crippen molar-refractivity contribution in [3.8, 4) is 0 Å². The van der Waals surface area contributed by atoms with Gasteiger partial charge in [-0.05, 0) is 62.4 Å². The average Bonchev–Trinajstić information content (AvgIpc) is 3.43. The lowest BCUT2D eigenvalue weighted by atomic mass is 9.46. The Morgan fingerprint density at radius 3 is 2.39 bits per heavy atom. The van der Waals surface area contributed by atoms with Crippen LogP contribution >= 0.6 is 0 Å². The first kappa shape index (κ1) is 30.6. The molecule has 4 saturated carbocycles. The van der Waals surface area contributed by atoms with E-state index in [9.17, 15) is 29.7 Å². The molecule has 0 spiro atoms. The molecule has 0 bridgehead atoms. The van der Waals surface area contributed by atoms with Crippen molar-refractivity contribution in [1.29, 1.82) is 0 Å². The summed E-state index contributed by atoms with van der Waals surface area (Å²) in [4.78, 5) is 36.1. The van der Waals surface area contributed by atoms with Crippen LogP contribution in [0.1, 0.15) is 79.1 Å². The molecule has 3 heterocycles. The molecule has 244 valence electrons. The van der Waals surface area contributed by atoms with E-state index in [0.717, 1.165) is 5.57 Å². The Labute approximate surface area is 256 Å². The van der Waals surface area contributed by atoms with E-state index < -0.39 is 71.0 Å². The van der Waals surface area contributed by atoms with Crippen molar-refractivity contribution in [2.24, 2.45) is 29.1 Å². The second-order valence-corrected chi connectivity index (χ2v) is 14.7. The van der Waals surface area contributed by atoms with Crippen molar-refractivity contribution >= 4 is 17.9 Å². The number of ether oxygens (including phenoxy) is 6. The van der Waals surface area contributed by atoms with Crippen LogP contribution in [0.2, 0.25) is 0 Å². The predicted octanol–water partition coefficient (Wildman–Crippen LogP) is 1.66. The van der Waals surface area contributed by atoms with Crippen LogP contribution in [0.5, 0.6) is 0 Å². The van der Waals surface area contributed by atoms with E-state index >= 15 is 0 Å². The molecule has 0 aromatic rings. The molecule has 12 heteroatoms. The molecule has 0 unspecified atom stereocenters. The number of carbonyl (C=O) groups excluding carboxylic acids is 3. The molecular weight excluding hydrogens is 576 g/mol. The molecule has 6 fully saturated rings. The van der Waals surface area contributed by atoms with Crippen molar-refractivity contribution in [3.63, 3.8) is 0 Å². The number of esters is 3. The summed E-state index contributed by atoms with van der Waals surface area (Å²) in [5.74, 6) is -4.55. The van der Waals surface area contributed by atoms with Gasteiger partial charge in [0.2, 0.25) is 6.29 Å². The molecule has 0 aromatic heterocycles. The zero-order chi connectivity index (χ0) is 31.4. The zero-order valence-corrected chi connectivity index (χ0v) is 25.7. The minimum Gasteiger partial charge on any atom is -0.462 e. The Bertz CT molecular complexity index is 1270. The fraction of sp³-hybridized carbons (Fsp3) is 0.844. The molecule has 2 saturated heterocycles. The van der Waals surface area contributed by atoms with Gasteiger partial charge in [-0.1, -0.05) is 6.92 Å². The van der Waals surface area contributed by atoms with Gasteiger partial charge in [0, 0.05) is 50.5 Å². The van der Waals surface area contributed by atoms with E-state index in [1.807, 2.05) is 13.8 Å². The summed E-state index contributed by atoms with van der Waals surface area (Å²) in [6.45, 7) is 6.56. The molecule has 14 atom stereocenters. The van der Waals surface area contributed by atoms with E-state index in [4.69, 9.17) is 28.4 Å². The van der Waals surface area contributed by atoms with Crippen molar-refractivity contribution in [3.05, 3.63) is 11.6 Å². The van der Waals surface area contributed by atoms with Crippen LogP contribution < -0.4 is 0 Å². The molecule has 0 aromatic carbocycles. The van der Waals surface area contributed by atoms with Gasteiger partial charge >= 0.3 is 17.9 Å². The molecule has 12 nitrogen and oxygen atoms in total. The van der Waals surface area contributed by atoms with E-state index in [2.05, 4.69) is 0 Å². The number of hydrogen-bond acceptors (Lipinski definition) is 12. The van der Waals surface area contributed by atoms with E-state index in [0.29, 0.717) is 32.1 Å². The van der Waals surface area contributed by atoms with Gasteiger partial charge in [0.15, 0.2) is 6.10 Å². The quantitative estimate of drug-likeness (QED) is 0.238. The van der Waals surface area contributed by atoms with Crippen molar-refractivity contribution in [2.45, 2.75) is 133 Å². The summed E-state index contributed by atoms with van der Waals surface area (Å²) in [7, 11) is 0. The van der Waals surface area contributed by atoms with E-state index in [1.54, 1.807) is 0 Å². The van der Waals surface area contributed by atoms with Crippen molar-refractivity contribution in [1.82, 2.24) is 0 Å². The number of rotatable bonds is 3. The number of cyclic esters (lactones) is 1. The Hall–Kier alpha value is -2.09. The Morgan fingerprint density at radius 2 is 1.70 bits per heavy atom. The fourth-order valence-corrected chi connectivity index (χ4v) is 10.6. The smallest absolute Gasteiger partial charge is 0.331 e. The molecule has 0 amide bonds. The summed E-state index contributed by atoms with van der Waals surface area (Å²) in [6.07, 6.45) is 0.854. The zero-order valence-electron chi connectivity index (χ0n) is 25.7. The maximum atomic E-state index is 12.7. The Kier molecular flexibility index (Phi) is 7.09. The first-order valence-corrected chi connectivity index (χ1v) is 16.1. The largest absolute Gasteiger partial charge is 0.462 e. The van der Waals surface area contributed by atoms with Crippen molar-refractivity contribution < 1.29 is 58.1 Å². The number of aliphatic hydroxyl groups is 3. The van der Waals surface area contributed by atoms with Crippen LogP contribution in [-0.4, -0.2) is 93.6 Å². The molecule has 0 radical (unpaired) electrons. The molecular formula is C32H44O12. The highest BCUT2D eigenvalue weighted by Crippen LogP contribution is 2.69. The molecule has 4 aliphatic carbocycles. The summed E-state index contributed by atoms with van der Waals surface area (Å²) < 4.78 is 35.0. The van der Waals surface area contributed by atoms with Crippen LogP contribution in [0.3, 0.4) is 0 Å². The van der Waals surface area contributed by atoms with Crippen LogP contribution in [-0.2, 0) is 42.8 Å². The van der Waals surface area contributed by atoms with Gasteiger partial charge in [-0.15, -0.1) is 0 Å². The van der Waals surface area contributed by atoms with Crippen LogP contribution in [0.4, 0.5) is 0 Å². The SMILES string of the molecule is CC(=O)O[C@H]1C[C@@H](C)O[C@H]2O[C@@H]3C[C@@H]4CC[C@@H]5[C@H](CC[C@]6(C)[C@@H](C7=CC(=O)OC7)[C@H](OC(C)=O)C[C@]56O)[C@@]4(O)C[C@H]3O[C@]21O. The van der Waals surface area contributed by atoms with Gasteiger partial charge in [0.1, 0.15) is 12.7 Å². The van der Waals surface area contributed by atoms with Crippen molar-refractivity contribution in [2.75, 3.05) is 6.61 Å². The third kappa shape index (κ3) is 4.35. The highest BCUT2D eigenvalue weighted by atomic mass is 16.8. The van der Waals surface area contributed by atoms with Gasteiger partial charge in [0.05, 0.1) is 29.5 Å². The standard InChI is InChI=1S/C32H44O12/c1-15-9-25(42-17(3)34)32(38)28(40-15)43-22-11-19-5-6-21-20(30(19,36)12-23(22)44-32)7-8-29(4)27(18-10-26(35)39-14-18)24(41-16(2)33)13-31(21,29)37/h10,15,19-25,27-28,36-38H,5-9,11-14H2,1-4H3/t15-,19+,20+,21-,22-,23-,24-,25+,27+,28+,29-,30-,31+,32+/m1/s1. The van der Waals surface area contributed by atoms with Gasteiger partial charge in [-0.3, -0.25) is 9.59 Å². The number of fused-ring (bicyclic) bond motifs is 7. The lowest BCUT2D eigenvalue weighted by Crippen LogP contribution is -2.72. The summed E-state index contributed by atoms with van der Waals surface area (Å²) in [5, 5.41) is 37.0. The summed E-state index contributed by atoms with van der Waals surface area (Å²) in [5.41, 5.74) is -2.47. The van der Waals surface area contributed by atoms with E-state index in [1.165, 1.54) is 19.9 Å². The predicted molar refractivity (Wildman–Crippen MR) is 148 cm³/mol. The first-order chi connectivity index (χ1) is 20.7. The number of carbonyl (C=O) groups is 3. The monoisotopic (exact) mass is 620 g/mol. The second-order valence-electron chi connectivity index (χ2n) is 14.7. The third-order valence-corrected chi connectivity index (χ3v) is 12.3. The fourth-order valence-electron chi connectivity index (χ4n) is 10.6. The molecule has 7 rings (SSSR count). The van der Waals surface area contributed by atoms with E-state index in [-0.39, 0.29) is 55.6 Å². The first-order valence-electron chi connectivity index (χ1n) is 16.1. The highest BCUT2D eigenvalue weighted by Gasteiger charge is 2.73. The van der Waals surface area contributed by atoms with Crippen LogP contribution in [0.25, 0.3) is 0 Å². The molecule has 44 heavy (non-hydrogen) atoms. The lowest BCUT2D eigenvalue weighted by Gasteiger charge is -2.64. The maximum absolute atomic E-state index is 12.7. The molecule has 3 aliphatic heterocycles. The Morgan fingerprint density at radius 1 is 0.955 bits per heavy atom. The average molecular weight is 621 g/mol.